The quantitative estimate of drug-likeness (QED) is 0.429. The lowest BCUT2D eigenvalue weighted by Crippen LogP contribution is -1.93. The monoisotopic (exact) mass is 339 g/mol. The molecule has 0 radical (unpaired) electrons. The summed E-state index contributed by atoms with van der Waals surface area (Å²) in [5.41, 5.74) is 0.162. The molecule has 0 saturated carbocycles. The summed E-state index contributed by atoms with van der Waals surface area (Å²) in [5.74, 6) is 0. The van der Waals surface area contributed by atoms with Crippen LogP contribution in [0.25, 0.3) is 0 Å². The first-order valence-corrected chi connectivity index (χ1v) is 8.60. The van der Waals surface area contributed by atoms with Gasteiger partial charge in [-0.2, -0.15) is 0 Å². The molecule has 0 aliphatic heterocycles. The normalized spacial score (nSPS) is 10.4. The smallest absolute Gasteiger partial charge is 0.258 e. The Bertz CT molecular complexity index is 748. The lowest BCUT2D eigenvalue weighted by molar-refractivity contribution is -0.390. The van der Waals surface area contributed by atoms with Gasteiger partial charge in [0.2, 0.25) is 0 Å². The number of nitro benzene ring substituents is 1. The SMILES string of the molecule is O=[N+]([O-])c1c(Sc2ccccc2)cccc1Sc1ccccc1. The number of nitrogens with zero attached hydrogens (tertiary/aromatic N) is 1. The third-order valence-corrected chi connectivity index (χ3v) is 5.20. The Labute approximate surface area is 142 Å². The Morgan fingerprint density at radius 1 is 0.652 bits per heavy atom. The summed E-state index contributed by atoms with van der Waals surface area (Å²) in [6.45, 7) is 0. The molecule has 0 aromatic heterocycles. The molecule has 5 heteroatoms. The minimum atomic E-state index is -0.295. The van der Waals surface area contributed by atoms with Gasteiger partial charge >= 0.3 is 0 Å². The highest BCUT2D eigenvalue weighted by Gasteiger charge is 2.21. The first-order chi connectivity index (χ1) is 11.2. The Balaban J connectivity index is 1.97. The molecular weight excluding hydrogens is 326 g/mol. The van der Waals surface area contributed by atoms with Crippen LogP contribution in [0.2, 0.25) is 0 Å². The molecule has 0 amide bonds. The molecule has 0 aliphatic carbocycles. The summed E-state index contributed by atoms with van der Waals surface area (Å²) in [7, 11) is 0. The first kappa shape index (κ1) is 15.6. The molecule has 0 unspecified atom stereocenters. The second kappa shape index (κ2) is 7.35. The summed E-state index contributed by atoms with van der Waals surface area (Å²) >= 11 is 2.82. The fourth-order valence-corrected chi connectivity index (χ4v) is 4.09. The van der Waals surface area contributed by atoms with Crippen LogP contribution in [-0.4, -0.2) is 4.92 Å². The van der Waals surface area contributed by atoms with Gasteiger partial charge in [0, 0.05) is 9.79 Å². The van der Waals surface area contributed by atoms with E-state index in [1.54, 1.807) is 12.1 Å². The lowest BCUT2D eigenvalue weighted by atomic mass is 10.3. The Morgan fingerprint density at radius 2 is 1.09 bits per heavy atom. The van der Waals surface area contributed by atoms with Gasteiger partial charge in [0.1, 0.15) is 0 Å². The maximum Gasteiger partial charge on any atom is 0.297 e. The van der Waals surface area contributed by atoms with E-state index in [-0.39, 0.29) is 10.6 Å². The van der Waals surface area contributed by atoms with Gasteiger partial charge in [-0.25, -0.2) is 0 Å². The van der Waals surface area contributed by atoms with Crippen LogP contribution in [0.3, 0.4) is 0 Å². The number of rotatable bonds is 5. The molecule has 0 fully saturated rings. The van der Waals surface area contributed by atoms with E-state index < -0.39 is 0 Å². The number of para-hydroxylation sites is 1. The van der Waals surface area contributed by atoms with Crippen LogP contribution in [0.1, 0.15) is 0 Å². The van der Waals surface area contributed by atoms with Crippen LogP contribution < -0.4 is 0 Å². The van der Waals surface area contributed by atoms with E-state index in [0.717, 1.165) is 9.79 Å². The summed E-state index contributed by atoms with van der Waals surface area (Å²) < 4.78 is 0. The average molecular weight is 339 g/mol. The number of nitro groups is 1. The minimum Gasteiger partial charge on any atom is -0.258 e. The van der Waals surface area contributed by atoms with Crippen molar-refractivity contribution in [2.75, 3.05) is 0 Å². The highest BCUT2D eigenvalue weighted by atomic mass is 32.2. The molecule has 0 spiro atoms. The second-order valence-corrected chi connectivity index (χ2v) is 6.92. The van der Waals surface area contributed by atoms with E-state index in [9.17, 15) is 10.1 Å². The molecule has 0 N–H and O–H groups in total. The van der Waals surface area contributed by atoms with Gasteiger partial charge in [-0.1, -0.05) is 66.0 Å². The van der Waals surface area contributed by atoms with Crippen molar-refractivity contribution in [1.29, 1.82) is 0 Å². The van der Waals surface area contributed by atoms with E-state index in [2.05, 4.69) is 0 Å². The molecule has 3 aromatic rings. The zero-order valence-corrected chi connectivity index (χ0v) is 13.7. The summed E-state index contributed by atoms with van der Waals surface area (Å²) in [4.78, 5) is 14.6. The van der Waals surface area contributed by atoms with Gasteiger partial charge in [0.05, 0.1) is 14.7 Å². The fraction of sp³-hybridized carbons (Fsp3) is 0. The molecule has 3 nitrogen and oxygen atoms in total. The highest BCUT2D eigenvalue weighted by Crippen LogP contribution is 2.42. The van der Waals surface area contributed by atoms with Gasteiger partial charge < -0.3 is 0 Å². The Kier molecular flexibility index (Phi) is 5.00. The first-order valence-electron chi connectivity index (χ1n) is 6.97. The molecular formula is C18H13NO2S2. The zero-order chi connectivity index (χ0) is 16.1. The minimum absolute atomic E-state index is 0.162. The number of hydrogen-bond acceptors (Lipinski definition) is 4. The molecule has 114 valence electrons. The maximum absolute atomic E-state index is 11.6. The van der Waals surface area contributed by atoms with E-state index >= 15 is 0 Å². The van der Waals surface area contributed by atoms with Crippen molar-refractivity contribution in [2.24, 2.45) is 0 Å². The van der Waals surface area contributed by atoms with Gasteiger partial charge in [-0.15, -0.1) is 0 Å². The molecule has 0 bridgehead atoms. The van der Waals surface area contributed by atoms with Crippen LogP contribution >= 0.6 is 23.5 Å². The van der Waals surface area contributed by atoms with Crippen molar-refractivity contribution in [2.45, 2.75) is 19.6 Å². The van der Waals surface area contributed by atoms with Crippen LogP contribution in [0.15, 0.2) is 98.4 Å². The topological polar surface area (TPSA) is 43.1 Å². The van der Waals surface area contributed by atoms with E-state index in [4.69, 9.17) is 0 Å². The second-order valence-electron chi connectivity index (χ2n) is 4.69. The van der Waals surface area contributed by atoms with Crippen molar-refractivity contribution >= 4 is 29.2 Å². The third-order valence-electron chi connectivity index (χ3n) is 3.09. The summed E-state index contributed by atoms with van der Waals surface area (Å²) in [6.07, 6.45) is 0. The molecule has 0 aliphatic rings. The van der Waals surface area contributed by atoms with Crippen LogP contribution in [-0.2, 0) is 0 Å². The van der Waals surface area contributed by atoms with Crippen molar-refractivity contribution in [3.63, 3.8) is 0 Å². The molecule has 3 rings (SSSR count). The standard InChI is InChI=1S/C18H13NO2S2/c20-19(21)18-16(22-14-8-3-1-4-9-14)12-7-13-17(18)23-15-10-5-2-6-11-15/h1-13H. The van der Waals surface area contributed by atoms with Crippen molar-refractivity contribution in [3.8, 4) is 0 Å². The Hall–Kier alpha value is -2.24. The summed E-state index contributed by atoms with van der Waals surface area (Å²) in [5, 5.41) is 11.6. The van der Waals surface area contributed by atoms with Gasteiger partial charge in [-0.3, -0.25) is 10.1 Å². The van der Waals surface area contributed by atoms with Gasteiger partial charge in [-0.05, 0) is 36.4 Å². The molecule has 0 heterocycles. The number of hydrogen-bond donors (Lipinski definition) is 0. The zero-order valence-electron chi connectivity index (χ0n) is 12.1. The molecule has 3 aromatic carbocycles. The van der Waals surface area contributed by atoms with E-state index in [1.165, 1.54) is 23.5 Å². The molecule has 23 heavy (non-hydrogen) atoms. The molecule has 0 atom stereocenters. The summed E-state index contributed by atoms with van der Waals surface area (Å²) in [6, 6.07) is 24.8. The third kappa shape index (κ3) is 3.94. The number of benzene rings is 3. The highest BCUT2D eigenvalue weighted by molar-refractivity contribution is 8.00. The largest absolute Gasteiger partial charge is 0.297 e. The van der Waals surface area contributed by atoms with Crippen LogP contribution in [0, 0.1) is 10.1 Å². The van der Waals surface area contributed by atoms with E-state index in [0.29, 0.717) is 9.79 Å². The van der Waals surface area contributed by atoms with Crippen LogP contribution in [0.5, 0.6) is 0 Å². The average Bonchev–Trinajstić information content (AvgIpc) is 2.56. The Morgan fingerprint density at radius 3 is 1.48 bits per heavy atom. The fourth-order valence-electron chi connectivity index (χ4n) is 2.08. The molecule has 0 saturated heterocycles. The van der Waals surface area contributed by atoms with Crippen LogP contribution in [0.4, 0.5) is 5.69 Å². The van der Waals surface area contributed by atoms with Crippen molar-refractivity contribution in [3.05, 3.63) is 89.0 Å². The maximum atomic E-state index is 11.6. The van der Waals surface area contributed by atoms with Gasteiger partial charge in [0.25, 0.3) is 5.69 Å². The predicted octanol–water partition coefficient (Wildman–Crippen LogP) is 5.90. The van der Waals surface area contributed by atoms with Gasteiger partial charge in [0.15, 0.2) is 0 Å². The van der Waals surface area contributed by atoms with E-state index in [1.807, 2.05) is 66.7 Å². The predicted molar refractivity (Wildman–Crippen MR) is 94.2 cm³/mol. The van der Waals surface area contributed by atoms with Crippen molar-refractivity contribution in [1.82, 2.24) is 0 Å². The van der Waals surface area contributed by atoms with Crippen molar-refractivity contribution < 1.29 is 4.92 Å². The lowest BCUT2D eigenvalue weighted by Gasteiger charge is -2.07.